The maximum absolute atomic E-state index is 12.9. The SMILES string of the molecule is N#Cc1nc(-c2ccc(Cl)cc2)oc1NCc1ccc(F)cc1. The Morgan fingerprint density at radius 3 is 2.48 bits per heavy atom. The molecular weight excluding hydrogens is 317 g/mol. The van der Waals surface area contributed by atoms with Gasteiger partial charge in [0.1, 0.15) is 11.9 Å². The van der Waals surface area contributed by atoms with E-state index in [0.29, 0.717) is 17.5 Å². The summed E-state index contributed by atoms with van der Waals surface area (Å²) in [6, 6.07) is 15.0. The lowest BCUT2D eigenvalue weighted by Gasteiger charge is -2.03. The van der Waals surface area contributed by atoms with Crippen molar-refractivity contribution in [3.8, 4) is 17.5 Å². The molecular formula is C17H11ClFN3O. The number of halogens is 2. The second kappa shape index (κ2) is 6.51. The van der Waals surface area contributed by atoms with Crippen molar-refractivity contribution >= 4 is 17.5 Å². The Hall–Kier alpha value is -2.84. The summed E-state index contributed by atoms with van der Waals surface area (Å²) in [4.78, 5) is 4.16. The fourth-order valence-corrected chi connectivity index (χ4v) is 2.14. The van der Waals surface area contributed by atoms with Crippen LogP contribution in [0.15, 0.2) is 52.9 Å². The number of rotatable bonds is 4. The van der Waals surface area contributed by atoms with E-state index in [1.165, 1.54) is 12.1 Å². The molecule has 1 aromatic heterocycles. The second-order valence-electron chi connectivity index (χ2n) is 4.80. The lowest BCUT2D eigenvalue weighted by molar-refractivity contribution is 0.585. The topological polar surface area (TPSA) is 61.9 Å². The van der Waals surface area contributed by atoms with Crippen molar-refractivity contribution in [3.63, 3.8) is 0 Å². The van der Waals surface area contributed by atoms with Crippen molar-refractivity contribution in [1.82, 2.24) is 4.98 Å². The van der Waals surface area contributed by atoms with Crippen LogP contribution in [0.5, 0.6) is 0 Å². The number of anilines is 1. The first-order valence-electron chi connectivity index (χ1n) is 6.81. The zero-order valence-electron chi connectivity index (χ0n) is 11.9. The minimum Gasteiger partial charge on any atom is -0.419 e. The van der Waals surface area contributed by atoms with E-state index in [1.807, 2.05) is 6.07 Å². The van der Waals surface area contributed by atoms with Crippen molar-refractivity contribution in [2.75, 3.05) is 5.32 Å². The maximum atomic E-state index is 12.9. The number of nitrogens with zero attached hydrogens (tertiary/aromatic N) is 2. The number of hydrogen-bond acceptors (Lipinski definition) is 4. The standard InChI is InChI=1S/C17H11ClFN3O/c18-13-5-3-12(4-6-13)16-22-15(9-20)17(23-16)21-10-11-1-7-14(19)8-2-11/h1-8,21H,10H2. The zero-order valence-corrected chi connectivity index (χ0v) is 12.6. The highest BCUT2D eigenvalue weighted by Gasteiger charge is 2.14. The Balaban J connectivity index is 1.80. The first-order valence-corrected chi connectivity index (χ1v) is 7.18. The Morgan fingerprint density at radius 1 is 1.13 bits per heavy atom. The number of aromatic nitrogens is 1. The van der Waals surface area contributed by atoms with E-state index in [-0.39, 0.29) is 17.4 Å². The van der Waals surface area contributed by atoms with Crippen LogP contribution in [0.4, 0.5) is 10.3 Å². The van der Waals surface area contributed by atoms with Crippen molar-refractivity contribution < 1.29 is 8.81 Å². The van der Waals surface area contributed by atoms with Crippen LogP contribution in [0.25, 0.3) is 11.5 Å². The van der Waals surface area contributed by atoms with Gasteiger partial charge in [-0.3, -0.25) is 0 Å². The molecule has 0 radical (unpaired) electrons. The molecule has 1 heterocycles. The van der Waals surface area contributed by atoms with Gasteiger partial charge in [0, 0.05) is 17.1 Å². The molecule has 0 saturated carbocycles. The molecule has 3 rings (SSSR count). The van der Waals surface area contributed by atoms with Gasteiger partial charge in [-0.2, -0.15) is 10.2 Å². The molecule has 23 heavy (non-hydrogen) atoms. The smallest absolute Gasteiger partial charge is 0.232 e. The van der Waals surface area contributed by atoms with Gasteiger partial charge in [0.05, 0.1) is 0 Å². The lowest BCUT2D eigenvalue weighted by Crippen LogP contribution is -1.99. The lowest BCUT2D eigenvalue weighted by atomic mass is 10.2. The van der Waals surface area contributed by atoms with Gasteiger partial charge in [0.25, 0.3) is 0 Å². The number of oxazole rings is 1. The van der Waals surface area contributed by atoms with Gasteiger partial charge < -0.3 is 9.73 Å². The summed E-state index contributed by atoms with van der Waals surface area (Å²) in [5.74, 6) is 0.317. The maximum Gasteiger partial charge on any atom is 0.232 e. The van der Waals surface area contributed by atoms with Crippen LogP contribution in [0.3, 0.4) is 0 Å². The molecule has 4 nitrogen and oxygen atoms in total. The number of hydrogen-bond donors (Lipinski definition) is 1. The average molecular weight is 328 g/mol. The second-order valence-corrected chi connectivity index (χ2v) is 5.23. The number of nitrogens with one attached hydrogen (secondary N) is 1. The van der Waals surface area contributed by atoms with E-state index < -0.39 is 0 Å². The van der Waals surface area contributed by atoms with E-state index in [9.17, 15) is 9.65 Å². The molecule has 0 spiro atoms. The summed E-state index contributed by atoms with van der Waals surface area (Å²) in [6.45, 7) is 0.393. The summed E-state index contributed by atoms with van der Waals surface area (Å²) in [6.07, 6.45) is 0. The third-order valence-corrected chi connectivity index (χ3v) is 3.44. The third-order valence-electron chi connectivity index (χ3n) is 3.19. The molecule has 0 bridgehead atoms. The van der Waals surface area contributed by atoms with Crippen LogP contribution in [-0.4, -0.2) is 4.98 Å². The van der Waals surface area contributed by atoms with E-state index in [4.69, 9.17) is 16.0 Å². The van der Waals surface area contributed by atoms with E-state index in [0.717, 1.165) is 11.1 Å². The van der Waals surface area contributed by atoms with Crippen LogP contribution in [0.1, 0.15) is 11.3 Å². The first kappa shape index (κ1) is 15.1. The van der Waals surface area contributed by atoms with Gasteiger partial charge in [0.15, 0.2) is 0 Å². The number of nitriles is 1. The summed E-state index contributed by atoms with van der Waals surface area (Å²) >= 11 is 5.85. The van der Waals surface area contributed by atoms with Gasteiger partial charge >= 0.3 is 0 Å². The summed E-state index contributed by atoms with van der Waals surface area (Å²) < 4.78 is 18.5. The Morgan fingerprint density at radius 2 is 1.83 bits per heavy atom. The molecule has 0 aliphatic rings. The summed E-state index contributed by atoms with van der Waals surface area (Å²) in [5.41, 5.74) is 1.75. The molecule has 6 heteroatoms. The van der Waals surface area contributed by atoms with Crippen LogP contribution >= 0.6 is 11.6 Å². The van der Waals surface area contributed by atoms with Gasteiger partial charge in [-0.25, -0.2) is 4.39 Å². The number of benzene rings is 2. The molecule has 0 atom stereocenters. The predicted molar refractivity (Wildman–Crippen MR) is 85.4 cm³/mol. The van der Waals surface area contributed by atoms with E-state index in [2.05, 4.69) is 10.3 Å². The largest absolute Gasteiger partial charge is 0.419 e. The van der Waals surface area contributed by atoms with Crippen LogP contribution in [0.2, 0.25) is 5.02 Å². The van der Waals surface area contributed by atoms with E-state index >= 15 is 0 Å². The monoisotopic (exact) mass is 327 g/mol. The average Bonchev–Trinajstić information content (AvgIpc) is 2.98. The van der Waals surface area contributed by atoms with Crippen LogP contribution < -0.4 is 5.32 Å². The first-order chi connectivity index (χ1) is 11.2. The molecule has 114 valence electrons. The van der Waals surface area contributed by atoms with E-state index in [1.54, 1.807) is 36.4 Å². The summed E-state index contributed by atoms with van der Waals surface area (Å²) in [7, 11) is 0. The highest BCUT2D eigenvalue weighted by molar-refractivity contribution is 6.30. The Labute approximate surface area is 137 Å². The quantitative estimate of drug-likeness (QED) is 0.759. The highest BCUT2D eigenvalue weighted by atomic mass is 35.5. The highest BCUT2D eigenvalue weighted by Crippen LogP contribution is 2.26. The molecule has 0 amide bonds. The Bertz CT molecular complexity index is 851. The van der Waals surface area contributed by atoms with Crippen molar-refractivity contribution in [2.45, 2.75) is 6.54 Å². The van der Waals surface area contributed by atoms with Crippen molar-refractivity contribution in [2.24, 2.45) is 0 Å². The fourth-order valence-electron chi connectivity index (χ4n) is 2.02. The predicted octanol–water partition coefficient (Wildman–Crippen LogP) is 4.62. The molecule has 0 saturated heterocycles. The zero-order chi connectivity index (χ0) is 16.2. The summed E-state index contributed by atoms with van der Waals surface area (Å²) in [5, 5.41) is 12.8. The molecule has 0 fully saturated rings. The normalized spacial score (nSPS) is 10.3. The molecule has 0 aliphatic heterocycles. The van der Waals surface area contributed by atoms with Crippen LogP contribution in [0, 0.1) is 17.1 Å². The minimum atomic E-state index is -0.295. The van der Waals surface area contributed by atoms with Crippen molar-refractivity contribution in [1.29, 1.82) is 5.26 Å². The Kier molecular flexibility index (Phi) is 4.26. The minimum absolute atomic E-state index is 0.164. The molecule has 2 aromatic carbocycles. The van der Waals surface area contributed by atoms with Crippen molar-refractivity contribution in [3.05, 3.63) is 70.6 Å². The molecule has 0 aliphatic carbocycles. The third kappa shape index (κ3) is 3.50. The molecule has 0 unspecified atom stereocenters. The van der Waals surface area contributed by atoms with Gasteiger partial charge in [0.2, 0.25) is 17.5 Å². The van der Waals surface area contributed by atoms with Gasteiger partial charge in [-0.1, -0.05) is 23.7 Å². The molecule has 1 N–H and O–H groups in total. The fraction of sp³-hybridized carbons (Fsp3) is 0.0588. The van der Waals surface area contributed by atoms with Gasteiger partial charge in [-0.05, 0) is 42.0 Å². The van der Waals surface area contributed by atoms with Gasteiger partial charge in [-0.15, -0.1) is 0 Å². The van der Waals surface area contributed by atoms with Crippen LogP contribution in [-0.2, 0) is 6.54 Å². The molecule has 3 aromatic rings.